The van der Waals surface area contributed by atoms with E-state index in [1.165, 1.54) is 36.9 Å². The van der Waals surface area contributed by atoms with Crippen molar-refractivity contribution >= 4 is 38.9 Å². The van der Waals surface area contributed by atoms with Gasteiger partial charge >= 0.3 is 11.2 Å². The van der Waals surface area contributed by atoms with Gasteiger partial charge in [-0.25, -0.2) is 21.6 Å². The molecule has 3 rings (SSSR count). The van der Waals surface area contributed by atoms with E-state index in [0.717, 1.165) is 30.0 Å². The molecule has 1 aliphatic heterocycles. The van der Waals surface area contributed by atoms with Gasteiger partial charge in [0.2, 0.25) is 15.8 Å². The maximum absolute atomic E-state index is 15.7. The van der Waals surface area contributed by atoms with Gasteiger partial charge in [0.25, 0.3) is 0 Å². The Morgan fingerprint density at radius 3 is 2.32 bits per heavy atom. The number of fused-ring (bicyclic) bond motifs is 1. The Balaban J connectivity index is 2.23. The van der Waals surface area contributed by atoms with Crippen molar-refractivity contribution in [1.29, 1.82) is 0 Å². The fraction of sp³-hybridized carbons (Fsp3) is 0.480. The number of hydrogen-bond acceptors (Lipinski definition) is 6. The normalized spacial score (nSPS) is 19.0. The molecule has 0 saturated carbocycles. The molecular formula is C25H28F5NO5S2. The number of halogens is 5. The topological polar surface area (TPSA) is 83.9 Å². The molecule has 0 aromatic heterocycles. The van der Waals surface area contributed by atoms with Crippen molar-refractivity contribution in [2.75, 3.05) is 24.3 Å². The molecule has 1 aliphatic rings. The Morgan fingerprint density at radius 1 is 1.18 bits per heavy atom. The number of ether oxygens (including phenoxy) is 1. The maximum atomic E-state index is 15.7. The summed E-state index contributed by atoms with van der Waals surface area (Å²) in [6.07, 6.45) is -0.136. The molecule has 6 nitrogen and oxygen atoms in total. The van der Waals surface area contributed by atoms with Crippen molar-refractivity contribution in [2.45, 2.75) is 54.6 Å². The van der Waals surface area contributed by atoms with Crippen molar-refractivity contribution < 1.29 is 45.0 Å². The summed E-state index contributed by atoms with van der Waals surface area (Å²) in [7, 11) is -5.44. The van der Waals surface area contributed by atoms with Gasteiger partial charge in [0.1, 0.15) is 23.1 Å². The predicted molar refractivity (Wildman–Crippen MR) is 134 cm³/mol. The van der Waals surface area contributed by atoms with Gasteiger partial charge in [0, 0.05) is 24.7 Å². The number of nitrogens with zero attached hydrogens (tertiary/aromatic N) is 1. The molecule has 210 valence electrons. The van der Waals surface area contributed by atoms with Crippen LogP contribution in [-0.2, 0) is 14.6 Å². The van der Waals surface area contributed by atoms with Crippen LogP contribution in [0, 0.1) is 17.2 Å². The molecule has 0 bridgehead atoms. The molecule has 0 spiro atoms. The summed E-state index contributed by atoms with van der Waals surface area (Å²) in [4.78, 5) is 12.3. The van der Waals surface area contributed by atoms with Crippen LogP contribution in [0.2, 0.25) is 0 Å². The second kappa shape index (κ2) is 10.6. The third-order valence-corrected chi connectivity index (χ3v) is 9.01. The second-order valence-corrected chi connectivity index (χ2v) is 12.7. The number of carbonyl (C=O) groups is 1. The van der Waals surface area contributed by atoms with Crippen molar-refractivity contribution in [2.24, 2.45) is 11.3 Å². The highest BCUT2D eigenvalue weighted by Crippen LogP contribution is 2.50. The molecule has 2 aromatic rings. The molecule has 1 atom stereocenters. The first kappa shape index (κ1) is 30.0. The minimum atomic E-state index is -5.44. The lowest BCUT2D eigenvalue weighted by Crippen LogP contribution is -2.40. The van der Waals surface area contributed by atoms with E-state index in [4.69, 9.17) is 4.74 Å². The Labute approximate surface area is 222 Å². The SMILES string of the molecule is CSc1cc2c(cc1OCC(C)(C)C(=O)O)S(=O)(=O)C(F)(F)[C@H](CCC(C)(F)F)CN2c1ccc(F)cc1. The zero-order valence-electron chi connectivity index (χ0n) is 21.1. The van der Waals surface area contributed by atoms with Crippen LogP contribution < -0.4 is 9.64 Å². The highest BCUT2D eigenvalue weighted by Gasteiger charge is 2.56. The Bertz CT molecular complexity index is 1290. The van der Waals surface area contributed by atoms with Gasteiger partial charge in [-0.15, -0.1) is 11.8 Å². The van der Waals surface area contributed by atoms with Crippen molar-refractivity contribution in [1.82, 2.24) is 0 Å². The maximum Gasteiger partial charge on any atom is 0.354 e. The Morgan fingerprint density at radius 2 is 1.79 bits per heavy atom. The third-order valence-electron chi connectivity index (χ3n) is 6.30. The monoisotopic (exact) mass is 581 g/mol. The number of aliphatic carboxylic acids is 1. The molecular weight excluding hydrogens is 553 g/mol. The van der Waals surface area contributed by atoms with E-state index >= 15 is 8.78 Å². The number of rotatable bonds is 9. The quantitative estimate of drug-likeness (QED) is 0.264. The molecule has 1 heterocycles. The van der Waals surface area contributed by atoms with Gasteiger partial charge in [0.15, 0.2) is 0 Å². The number of alkyl halides is 4. The van der Waals surface area contributed by atoms with Crippen LogP contribution in [0.1, 0.15) is 33.6 Å². The lowest BCUT2D eigenvalue weighted by Gasteiger charge is -2.30. The zero-order valence-corrected chi connectivity index (χ0v) is 22.7. The minimum absolute atomic E-state index is 0.123. The Kier molecular flexibility index (Phi) is 8.33. The average molecular weight is 582 g/mol. The van der Waals surface area contributed by atoms with Gasteiger partial charge in [0.05, 0.1) is 21.9 Å². The van der Waals surface area contributed by atoms with Gasteiger partial charge < -0.3 is 14.7 Å². The molecule has 0 radical (unpaired) electrons. The molecule has 0 fully saturated rings. The first-order chi connectivity index (χ1) is 17.4. The van der Waals surface area contributed by atoms with E-state index in [1.807, 2.05) is 0 Å². The van der Waals surface area contributed by atoms with Gasteiger partial charge in [-0.3, -0.25) is 4.79 Å². The molecule has 13 heteroatoms. The largest absolute Gasteiger partial charge is 0.491 e. The summed E-state index contributed by atoms with van der Waals surface area (Å²) in [5.74, 6) is -7.25. The third kappa shape index (κ3) is 6.03. The number of thioether (sulfide) groups is 1. The standard InChI is InChI=1S/C25H28F5NO5S2/c1-23(2,22(32)33)14-36-19-12-21-18(11-20(19)37-4)31(17-7-5-16(26)6-8-17)13-15(9-10-24(3,27)28)25(29,30)38(21,34)35/h5-8,11-12,15H,9-10,13-14H2,1-4H3,(H,32,33)/t15-/m1/s1. The van der Waals surface area contributed by atoms with Gasteiger partial charge in [-0.1, -0.05) is 0 Å². The summed E-state index contributed by atoms with van der Waals surface area (Å²) >= 11 is 1.11. The molecule has 1 N–H and O–H groups in total. The van der Waals surface area contributed by atoms with Crippen LogP contribution in [-0.4, -0.2) is 50.1 Å². The lowest BCUT2D eigenvalue weighted by molar-refractivity contribution is -0.148. The number of anilines is 2. The van der Waals surface area contributed by atoms with E-state index in [0.29, 0.717) is 11.8 Å². The van der Waals surface area contributed by atoms with Crippen LogP contribution in [0.15, 0.2) is 46.2 Å². The van der Waals surface area contributed by atoms with E-state index in [9.17, 15) is 31.5 Å². The van der Waals surface area contributed by atoms with Crippen LogP contribution in [0.3, 0.4) is 0 Å². The first-order valence-electron chi connectivity index (χ1n) is 11.5. The molecule has 38 heavy (non-hydrogen) atoms. The molecule has 0 unspecified atom stereocenters. The van der Waals surface area contributed by atoms with Crippen LogP contribution in [0.25, 0.3) is 0 Å². The van der Waals surface area contributed by atoms with E-state index in [2.05, 4.69) is 0 Å². The average Bonchev–Trinajstić information content (AvgIpc) is 2.87. The number of hydrogen-bond donors (Lipinski definition) is 1. The fourth-order valence-electron chi connectivity index (χ4n) is 3.89. The van der Waals surface area contributed by atoms with Crippen LogP contribution in [0.4, 0.5) is 33.3 Å². The summed E-state index contributed by atoms with van der Waals surface area (Å²) in [5, 5.41) is 4.95. The molecule has 0 amide bonds. The number of sulfone groups is 1. The highest BCUT2D eigenvalue weighted by atomic mass is 32.2. The van der Waals surface area contributed by atoms with E-state index in [-0.39, 0.29) is 23.7 Å². The van der Waals surface area contributed by atoms with Gasteiger partial charge in [-0.05, 0) is 63.8 Å². The number of benzene rings is 2. The molecule has 0 aliphatic carbocycles. The molecule has 2 aromatic carbocycles. The van der Waals surface area contributed by atoms with Crippen LogP contribution >= 0.6 is 11.8 Å². The fourth-order valence-corrected chi connectivity index (χ4v) is 6.07. The van der Waals surface area contributed by atoms with Crippen molar-refractivity contribution in [3.05, 3.63) is 42.2 Å². The summed E-state index contributed by atoms with van der Waals surface area (Å²) in [6, 6.07) is 6.93. The second-order valence-electron chi connectivity index (χ2n) is 9.91. The summed E-state index contributed by atoms with van der Waals surface area (Å²) in [6.45, 7) is 2.30. The minimum Gasteiger partial charge on any atom is -0.491 e. The van der Waals surface area contributed by atoms with Crippen LogP contribution in [0.5, 0.6) is 5.75 Å². The first-order valence-corrected chi connectivity index (χ1v) is 14.2. The number of carboxylic acids is 1. The smallest absolute Gasteiger partial charge is 0.354 e. The highest BCUT2D eigenvalue weighted by molar-refractivity contribution is 7.98. The zero-order chi connectivity index (χ0) is 28.7. The predicted octanol–water partition coefficient (Wildman–Crippen LogP) is 6.61. The molecule has 0 saturated heterocycles. The van der Waals surface area contributed by atoms with Gasteiger partial charge in [-0.2, -0.15) is 8.78 Å². The van der Waals surface area contributed by atoms with Crippen molar-refractivity contribution in [3.63, 3.8) is 0 Å². The lowest BCUT2D eigenvalue weighted by atomic mass is 9.95. The summed E-state index contributed by atoms with van der Waals surface area (Å²) in [5.41, 5.74) is -1.35. The van der Waals surface area contributed by atoms with Crippen molar-refractivity contribution in [3.8, 4) is 5.75 Å². The van der Waals surface area contributed by atoms with E-state index < -0.39 is 68.4 Å². The summed E-state index contributed by atoms with van der Waals surface area (Å²) < 4.78 is 105. The number of carboxylic acid groups (broad SMARTS) is 1. The Hall–Kier alpha value is -2.54. The van der Waals surface area contributed by atoms with E-state index in [1.54, 1.807) is 6.26 Å².